The van der Waals surface area contributed by atoms with Crippen LogP contribution >= 0.6 is 0 Å². The minimum Gasteiger partial charge on any atom is -0.357 e. The number of carbonyl (C=O) groups is 2. The van der Waals surface area contributed by atoms with Crippen LogP contribution in [0.3, 0.4) is 0 Å². The number of anilines is 1. The number of sulfonamides is 1. The van der Waals surface area contributed by atoms with Gasteiger partial charge >= 0.3 is 0 Å². The number of likely N-dealkylation sites (N-methyl/N-ethyl adjacent to an activating group) is 1. The Morgan fingerprint density at radius 1 is 0.868 bits per heavy atom. The number of aryl methyl sites for hydroxylation is 2. The first-order valence-electron chi connectivity index (χ1n) is 12.7. The van der Waals surface area contributed by atoms with Crippen LogP contribution < -0.4 is 9.62 Å². The molecule has 0 spiro atoms. The first-order valence-corrected chi connectivity index (χ1v) is 14.6. The Labute approximate surface area is 226 Å². The fourth-order valence-corrected chi connectivity index (χ4v) is 5.54. The number of rotatable bonds is 12. The number of hydrogen-bond acceptors (Lipinski definition) is 4. The summed E-state index contributed by atoms with van der Waals surface area (Å²) >= 11 is 0. The Morgan fingerprint density at radius 3 is 2.08 bits per heavy atom. The topological polar surface area (TPSA) is 86.8 Å². The average molecular weight is 536 g/mol. The lowest BCUT2D eigenvalue weighted by Gasteiger charge is -2.32. The van der Waals surface area contributed by atoms with Crippen molar-refractivity contribution in [2.24, 2.45) is 0 Å². The van der Waals surface area contributed by atoms with E-state index < -0.39 is 16.1 Å². The molecule has 3 aromatic carbocycles. The molecule has 3 rings (SSSR count). The zero-order valence-electron chi connectivity index (χ0n) is 22.6. The van der Waals surface area contributed by atoms with Gasteiger partial charge in [-0.1, -0.05) is 72.8 Å². The second kappa shape index (κ2) is 13.2. The number of para-hydroxylation sites is 1. The fraction of sp³-hybridized carbons (Fsp3) is 0.333. The van der Waals surface area contributed by atoms with Crippen LogP contribution in [-0.4, -0.2) is 51.0 Å². The molecule has 0 unspecified atom stereocenters. The predicted octanol–water partition coefficient (Wildman–Crippen LogP) is 4.24. The van der Waals surface area contributed by atoms with Gasteiger partial charge in [0.1, 0.15) is 6.04 Å². The second-order valence-electron chi connectivity index (χ2n) is 9.49. The van der Waals surface area contributed by atoms with E-state index in [9.17, 15) is 18.0 Å². The van der Waals surface area contributed by atoms with E-state index in [1.54, 1.807) is 24.1 Å². The Bertz CT molecular complexity index is 1340. The van der Waals surface area contributed by atoms with E-state index in [2.05, 4.69) is 5.32 Å². The Balaban J connectivity index is 1.86. The van der Waals surface area contributed by atoms with E-state index in [0.29, 0.717) is 18.5 Å². The molecule has 0 fully saturated rings. The molecule has 2 amide bonds. The van der Waals surface area contributed by atoms with Gasteiger partial charge in [-0.15, -0.1) is 0 Å². The van der Waals surface area contributed by atoms with Gasteiger partial charge in [0.05, 0.1) is 11.9 Å². The fourth-order valence-electron chi connectivity index (χ4n) is 4.52. The molecular weight excluding hydrogens is 498 g/mol. The van der Waals surface area contributed by atoms with Gasteiger partial charge in [-0.05, 0) is 48.6 Å². The maximum absolute atomic E-state index is 13.7. The van der Waals surface area contributed by atoms with Gasteiger partial charge in [0.25, 0.3) is 0 Å². The van der Waals surface area contributed by atoms with Crippen molar-refractivity contribution in [2.45, 2.75) is 45.7 Å². The molecule has 0 aliphatic heterocycles. The number of benzene rings is 3. The lowest BCUT2D eigenvalue weighted by molar-refractivity contribution is -0.141. The predicted molar refractivity (Wildman–Crippen MR) is 152 cm³/mol. The lowest BCUT2D eigenvalue weighted by Crippen LogP contribution is -2.50. The summed E-state index contributed by atoms with van der Waals surface area (Å²) in [6.07, 6.45) is 1.96. The van der Waals surface area contributed by atoms with E-state index in [1.165, 1.54) is 10.6 Å². The van der Waals surface area contributed by atoms with Crippen molar-refractivity contribution in [1.82, 2.24) is 10.2 Å². The molecule has 7 nitrogen and oxygen atoms in total. The minimum atomic E-state index is -3.54. The molecule has 0 heterocycles. The maximum atomic E-state index is 13.7. The molecule has 0 saturated carbocycles. The number of amides is 2. The molecule has 0 aromatic heterocycles. The van der Waals surface area contributed by atoms with E-state index in [-0.39, 0.29) is 31.3 Å². The van der Waals surface area contributed by atoms with Crippen molar-refractivity contribution in [3.8, 4) is 0 Å². The molecular formula is C30H37N3O4S. The number of hydrogen-bond donors (Lipinski definition) is 1. The molecule has 3 aromatic rings. The first-order chi connectivity index (χ1) is 18.1. The zero-order chi connectivity index (χ0) is 27.7. The molecule has 1 atom stereocenters. The highest BCUT2D eigenvalue weighted by atomic mass is 32.2. The van der Waals surface area contributed by atoms with E-state index in [0.717, 1.165) is 22.3 Å². The van der Waals surface area contributed by atoms with Crippen molar-refractivity contribution in [3.63, 3.8) is 0 Å². The van der Waals surface area contributed by atoms with Gasteiger partial charge in [0.2, 0.25) is 21.8 Å². The van der Waals surface area contributed by atoms with Crippen LogP contribution in [0.5, 0.6) is 0 Å². The van der Waals surface area contributed by atoms with E-state index in [4.69, 9.17) is 0 Å². The monoisotopic (exact) mass is 535 g/mol. The molecule has 0 radical (unpaired) electrons. The highest BCUT2D eigenvalue weighted by Crippen LogP contribution is 2.23. The van der Waals surface area contributed by atoms with Crippen molar-refractivity contribution in [1.29, 1.82) is 0 Å². The SMILES string of the molecule is CNC(=O)[C@H](Cc1ccccc1)N(Cc1ccccc1C)C(=O)CCCN(c1ccccc1C)S(C)(=O)=O. The van der Waals surface area contributed by atoms with Gasteiger partial charge in [-0.25, -0.2) is 8.42 Å². The molecule has 0 aliphatic rings. The van der Waals surface area contributed by atoms with Crippen LogP contribution in [0.2, 0.25) is 0 Å². The highest BCUT2D eigenvalue weighted by molar-refractivity contribution is 7.92. The maximum Gasteiger partial charge on any atom is 0.242 e. The van der Waals surface area contributed by atoms with Crippen molar-refractivity contribution in [3.05, 3.63) is 101 Å². The summed E-state index contributed by atoms with van der Waals surface area (Å²) in [7, 11) is -1.97. The summed E-state index contributed by atoms with van der Waals surface area (Å²) in [6, 6.07) is 24.0. The Morgan fingerprint density at radius 2 is 1.47 bits per heavy atom. The van der Waals surface area contributed by atoms with Crippen molar-refractivity contribution in [2.75, 3.05) is 24.2 Å². The largest absolute Gasteiger partial charge is 0.357 e. The number of nitrogens with one attached hydrogen (secondary N) is 1. The molecule has 202 valence electrons. The Hall–Kier alpha value is -3.65. The quantitative estimate of drug-likeness (QED) is 0.376. The van der Waals surface area contributed by atoms with Crippen LogP contribution in [0.1, 0.15) is 35.1 Å². The zero-order valence-corrected chi connectivity index (χ0v) is 23.4. The van der Waals surface area contributed by atoms with E-state index in [1.807, 2.05) is 80.6 Å². The van der Waals surface area contributed by atoms with Gasteiger partial charge in [-0.2, -0.15) is 0 Å². The summed E-state index contributed by atoms with van der Waals surface area (Å²) in [5.74, 6) is -0.440. The number of nitrogens with zero attached hydrogens (tertiary/aromatic N) is 2. The summed E-state index contributed by atoms with van der Waals surface area (Å²) in [5.41, 5.74) is 4.38. The van der Waals surface area contributed by atoms with E-state index >= 15 is 0 Å². The smallest absolute Gasteiger partial charge is 0.242 e. The van der Waals surface area contributed by atoms with Crippen LogP contribution in [0.4, 0.5) is 5.69 Å². The first kappa shape index (κ1) is 28.9. The number of carbonyl (C=O) groups excluding carboxylic acids is 2. The van der Waals surface area contributed by atoms with Gasteiger partial charge in [0.15, 0.2) is 0 Å². The second-order valence-corrected chi connectivity index (χ2v) is 11.4. The standard InChI is InChI=1S/C30H37N3O4S/c1-23-13-8-10-17-26(23)22-32(28(30(35)31-3)21-25-15-6-5-7-16-25)29(34)19-12-20-33(38(4,36)37)27-18-11-9-14-24(27)2/h5-11,13-18,28H,12,19-22H2,1-4H3,(H,31,35)/t28-/m0/s1. The molecule has 0 bridgehead atoms. The average Bonchev–Trinajstić information content (AvgIpc) is 2.89. The molecule has 1 N–H and O–H groups in total. The third kappa shape index (κ3) is 7.68. The van der Waals surface area contributed by atoms with Crippen LogP contribution in [0.25, 0.3) is 0 Å². The van der Waals surface area contributed by atoms with Crippen molar-refractivity contribution >= 4 is 27.5 Å². The van der Waals surface area contributed by atoms with Gasteiger partial charge < -0.3 is 10.2 Å². The molecule has 38 heavy (non-hydrogen) atoms. The highest BCUT2D eigenvalue weighted by Gasteiger charge is 2.30. The van der Waals surface area contributed by atoms with Gasteiger partial charge in [-0.3, -0.25) is 13.9 Å². The Kier molecular flexibility index (Phi) is 10.1. The van der Waals surface area contributed by atoms with Crippen LogP contribution in [0, 0.1) is 13.8 Å². The lowest BCUT2D eigenvalue weighted by atomic mass is 10.0. The summed E-state index contributed by atoms with van der Waals surface area (Å²) in [4.78, 5) is 28.4. The summed E-state index contributed by atoms with van der Waals surface area (Å²) < 4.78 is 26.5. The van der Waals surface area contributed by atoms with Crippen LogP contribution in [0.15, 0.2) is 78.9 Å². The molecule has 0 saturated heterocycles. The third-order valence-electron chi connectivity index (χ3n) is 6.66. The minimum absolute atomic E-state index is 0.103. The third-order valence-corrected chi connectivity index (χ3v) is 7.84. The van der Waals surface area contributed by atoms with Crippen LogP contribution in [-0.2, 0) is 32.6 Å². The molecule has 0 aliphatic carbocycles. The summed E-state index contributed by atoms with van der Waals surface area (Å²) in [6.45, 7) is 4.29. The normalized spacial score (nSPS) is 12.0. The van der Waals surface area contributed by atoms with Crippen molar-refractivity contribution < 1.29 is 18.0 Å². The van der Waals surface area contributed by atoms with Gasteiger partial charge in [0, 0.05) is 33.0 Å². The summed E-state index contributed by atoms with van der Waals surface area (Å²) in [5, 5.41) is 2.72. The molecule has 8 heteroatoms.